The maximum Gasteiger partial charge on any atom is 0.314 e. The molecule has 2 heterocycles. The highest BCUT2D eigenvalue weighted by Gasteiger charge is 2.00. The van der Waals surface area contributed by atoms with Crippen LogP contribution in [0.25, 0.3) is 0 Å². The summed E-state index contributed by atoms with van der Waals surface area (Å²) in [6.07, 6.45) is 7.64. The minimum absolute atomic E-state index is 0.157. The maximum absolute atomic E-state index is 9.96. The second-order valence-electron chi connectivity index (χ2n) is 2.58. The van der Waals surface area contributed by atoms with Crippen LogP contribution in [0.4, 0.5) is 0 Å². The monoisotopic (exact) mass is 179 g/mol. The van der Waals surface area contributed by atoms with Crippen molar-refractivity contribution in [2.45, 2.75) is 19.9 Å². The van der Waals surface area contributed by atoms with Crippen molar-refractivity contribution in [1.29, 1.82) is 0 Å². The van der Waals surface area contributed by atoms with Gasteiger partial charge in [-0.3, -0.25) is 4.79 Å². The summed E-state index contributed by atoms with van der Waals surface area (Å²) < 4.78 is 6.46. The summed E-state index contributed by atoms with van der Waals surface area (Å²) in [5, 5.41) is 0. The van der Waals surface area contributed by atoms with Crippen LogP contribution in [0, 0.1) is 0 Å². The van der Waals surface area contributed by atoms with Gasteiger partial charge in [0.2, 0.25) is 0 Å². The molecule has 1 aromatic heterocycles. The topological polar surface area (TPSA) is 31.2 Å². The van der Waals surface area contributed by atoms with Gasteiger partial charge in [-0.25, -0.2) is 0 Å². The molecule has 0 N–H and O–H groups in total. The van der Waals surface area contributed by atoms with Gasteiger partial charge < -0.3 is 9.30 Å². The standard InChI is InChI=1S/C6H9N.C4H4O2/c1-2-7-5-3-4-6-7;5-4-2-1-3-6-4/h3-6H,2H2,1H3;1,3H,2H2. The fraction of sp³-hybridized carbons (Fsp3) is 0.300. The molecular formula is C10H13NO2. The molecule has 0 bridgehead atoms. The van der Waals surface area contributed by atoms with Crippen molar-refractivity contribution in [3.63, 3.8) is 0 Å². The number of esters is 1. The van der Waals surface area contributed by atoms with Gasteiger partial charge >= 0.3 is 5.97 Å². The molecule has 0 amide bonds. The Morgan fingerprint density at radius 1 is 1.46 bits per heavy atom. The second-order valence-corrected chi connectivity index (χ2v) is 2.58. The van der Waals surface area contributed by atoms with Crippen molar-refractivity contribution in [3.05, 3.63) is 36.9 Å². The Morgan fingerprint density at radius 2 is 2.15 bits per heavy atom. The van der Waals surface area contributed by atoms with Crippen molar-refractivity contribution in [2.75, 3.05) is 0 Å². The first-order valence-corrected chi connectivity index (χ1v) is 4.28. The predicted octanol–water partition coefficient (Wildman–Crippen LogP) is 1.95. The Morgan fingerprint density at radius 3 is 2.38 bits per heavy atom. The average Bonchev–Trinajstić information content (AvgIpc) is 2.76. The minimum Gasteiger partial charge on any atom is -0.435 e. The van der Waals surface area contributed by atoms with Crippen LogP contribution in [0.2, 0.25) is 0 Å². The van der Waals surface area contributed by atoms with Gasteiger partial charge in [0.25, 0.3) is 0 Å². The Labute approximate surface area is 77.6 Å². The van der Waals surface area contributed by atoms with Gasteiger partial charge in [0, 0.05) is 18.9 Å². The highest BCUT2D eigenvalue weighted by Crippen LogP contribution is 1.96. The Kier molecular flexibility index (Phi) is 3.82. The molecule has 3 heteroatoms. The molecule has 70 valence electrons. The molecule has 0 spiro atoms. The molecule has 0 unspecified atom stereocenters. The van der Waals surface area contributed by atoms with E-state index in [4.69, 9.17) is 0 Å². The van der Waals surface area contributed by atoms with Crippen LogP contribution in [0.15, 0.2) is 36.9 Å². The number of carbonyl (C=O) groups is 1. The molecule has 0 aromatic carbocycles. The zero-order chi connectivity index (χ0) is 9.52. The van der Waals surface area contributed by atoms with E-state index in [1.807, 2.05) is 12.1 Å². The molecule has 1 aliphatic heterocycles. The normalized spacial score (nSPS) is 13.5. The van der Waals surface area contributed by atoms with Crippen LogP contribution < -0.4 is 0 Å². The third-order valence-electron chi connectivity index (χ3n) is 1.61. The van der Waals surface area contributed by atoms with Crippen LogP contribution in [0.3, 0.4) is 0 Å². The summed E-state index contributed by atoms with van der Waals surface area (Å²) in [6, 6.07) is 4.06. The van der Waals surface area contributed by atoms with Gasteiger partial charge in [-0.1, -0.05) is 0 Å². The van der Waals surface area contributed by atoms with Gasteiger partial charge in [0.05, 0.1) is 12.7 Å². The van der Waals surface area contributed by atoms with Gasteiger partial charge in [0.1, 0.15) is 0 Å². The first-order chi connectivity index (χ1) is 6.33. The number of hydrogen-bond acceptors (Lipinski definition) is 2. The molecule has 3 nitrogen and oxygen atoms in total. The zero-order valence-electron chi connectivity index (χ0n) is 7.64. The number of carbonyl (C=O) groups excluding carboxylic acids is 1. The molecule has 1 aliphatic rings. The SMILES string of the molecule is CCn1cccc1.O=C1CC=CO1. The summed E-state index contributed by atoms with van der Waals surface area (Å²) >= 11 is 0. The molecular weight excluding hydrogens is 166 g/mol. The van der Waals surface area contributed by atoms with Crippen molar-refractivity contribution >= 4 is 5.97 Å². The molecule has 0 saturated heterocycles. The third kappa shape index (κ3) is 3.60. The van der Waals surface area contributed by atoms with Crippen LogP contribution in [0.1, 0.15) is 13.3 Å². The van der Waals surface area contributed by atoms with Crippen LogP contribution in [-0.2, 0) is 16.1 Å². The molecule has 2 rings (SSSR count). The lowest BCUT2D eigenvalue weighted by Crippen LogP contribution is -1.87. The fourth-order valence-corrected chi connectivity index (χ4v) is 0.897. The fourth-order valence-electron chi connectivity index (χ4n) is 0.897. The average molecular weight is 179 g/mol. The maximum atomic E-state index is 9.96. The lowest BCUT2D eigenvalue weighted by atomic mass is 10.5. The Bertz CT molecular complexity index is 265. The third-order valence-corrected chi connectivity index (χ3v) is 1.61. The minimum atomic E-state index is -0.157. The van der Waals surface area contributed by atoms with E-state index >= 15 is 0 Å². The number of ether oxygens (including phenoxy) is 1. The zero-order valence-corrected chi connectivity index (χ0v) is 7.64. The number of cyclic esters (lactones) is 1. The summed E-state index contributed by atoms with van der Waals surface area (Å²) in [4.78, 5) is 9.96. The molecule has 0 aliphatic carbocycles. The smallest absolute Gasteiger partial charge is 0.314 e. The van der Waals surface area contributed by atoms with E-state index in [2.05, 4.69) is 28.6 Å². The summed E-state index contributed by atoms with van der Waals surface area (Å²) in [6.45, 7) is 3.20. The molecule has 1 aromatic rings. The number of nitrogens with zero attached hydrogens (tertiary/aromatic N) is 1. The summed E-state index contributed by atoms with van der Waals surface area (Å²) in [7, 11) is 0. The highest BCUT2D eigenvalue weighted by atomic mass is 16.5. The number of rotatable bonds is 1. The van der Waals surface area contributed by atoms with Crippen molar-refractivity contribution < 1.29 is 9.53 Å². The molecule has 0 saturated carbocycles. The van der Waals surface area contributed by atoms with E-state index < -0.39 is 0 Å². The van der Waals surface area contributed by atoms with Gasteiger partial charge in [-0.05, 0) is 25.1 Å². The molecule has 0 radical (unpaired) electrons. The molecule has 0 atom stereocenters. The quantitative estimate of drug-likeness (QED) is 0.617. The van der Waals surface area contributed by atoms with Crippen LogP contribution in [-0.4, -0.2) is 10.5 Å². The van der Waals surface area contributed by atoms with E-state index in [9.17, 15) is 4.79 Å². The lowest BCUT2D eigenvalue weighted by molar-refractivity contribution is -0.135. The number of aryl methyl sites for hydroxylation is 1. The van der Waals surface area contributed by atoms with Crippen molar-refractivity contribution in [2.24, 2.45) is 0 Å². The Hall–Kier alpha value is -1.51. The van der Waals surface area contributed by atoms with Crippen molar-refractivity contribution in [1.82, 2.24) is 4.57 Å². The van der Waals surface area contributed by atoms with Gasteiger partial charge in [-0.15, -0.1) is 0 Å². The summed E-state index contributed by atoms with van der Waals surface area (Å²) in [5.74, 6) is -0.157. The van der Waals surface area contributed by atoms with E-state index in [1.54, 1.807) is 6.08 Å². The van der Waals surface area contributed by atoms with E-state index in [-0.39, 0.29) is 5.97 Å². The van der Waals surface area contributed by atoms with Crippen LogP contribution in [0.5, 0.6) is 0 Å². The van der Waals surface area contributed by atoms with Crippen LogP contribution >= 0.6 is 0 Å². The van der Waals surface area contributed by atoms with Gasteiger partial charge in [0.15, 0.2) is 0 Å². The summed E-state index contributed by atoms with van der Waals surface area (Å²) in [5.41, 5.74) is 0. The Balaban J connectivity index is 0.000000132. The van der Waals surface area contributed by atoms with Gasteiger partial charge in [-0.2, -0.15) is 0 Å². The first kappa shape index (κ1) is 9.58. The largest absolute Gasteiger partial charge is 0.435 e. The highest BCUT2D eigenvalue weighted by molar-refractivity contribution is 5.73. The second kappa shape index (κ2) is 5.19. The predicted molar refractivity (Wildman–Crippen MR) is 50.0 cm³/mol. The first-order valence-electron chi connectivity index (χ1n) is 4.28. The van der Waals surface area contributed by atoms with Crippen molar-refractivity contribution in [3.8, 4) is 0 Å². The number of hydrogen-bond donors (Lipinski definition) is 0. The molecule has 13 heavy (non-hydrogen) atoms. The van der Waals surface area contributed by atoms with E-state index in [0.717, 1.165) is 6.54 Å². The number of aromatic nitrogens is 1. The lowest BCUT2D eigenvalue weighted by Gasteiger charge is -1.89. The van der Waals surface area contributed by atoms with E-state index in [1.165, 1.54) is 6.26 Å². The van der Waals surface area contributed by atoms with E-state index in [0.29, 0.717) is 6.42 Å². The molecule has 0 fully saturated rings.